The second-order valence-corrected chi connectivity index (χ2v) is 4.15. The standard InChI is InChI=1S/C13H23NO7/c1-18-10-13(17)21-9-8-14(6-4-11(15)19-2)7-5-12(16)20-3/h4-10H2,1-3H3. The van der Waals surface area contributed by atoms with Crippen molar-refractivity contribution in [3.8, 4) is 0 Å². The van der Waals surface area contributed by atoms with E-state index in [1.165, 1.54) is 21.3 Å². The van der Waals surface area contributed by atoms with E-state index in [-0.39, 0.29) is 38.0 Å². The molecule has 0 amide bonds. The van der Waals surface area contributed by atoms with Gasteiger partial charge in [-0.15, -0.1) is 0 Å². The molecule has 0 rings (SSSR count). The molecule has 0 aromatic rings. The van der Waals surface area contributed by atoms with E-state index in [0.717, 1.165) is 0 Å². The van der Waals surface area contributed by atoms with Gasteiger partial charge in [0.05, 0.1) is 27.1 Å². The summed E-state index contributed by atoms with van der Waals surface area (Å²) in [7, 11) is 4.03. The molecule has 0 aromatic heterocycles. The van der Waals surface area contributed by atoms with E-state index in [2.05, 4.69) is 14.2 Å². The summed E-state index contributed by atoms with van der Waals surface area (Å²) in [4.78, 5) is 35.2. The highest BCUT2D eigenvalue weighted by molar-refractivity contribution is 5.70. The molecular formula is C13H23NO7. The van der Waals surface area contributed by atoms with Gasteiger partial charge in [0.2, 0.25) is 0 Å². The van der Waals surface area contributed by atoms with Gasteiger partial charge in [0, 0.05) is 26.7 Å². The lowest BCUT2D eigenvalue weighted by Crippen LogP contribution is -2.33. The van der Waals surface area contributed by atoms with Crippen LogP contribution in [0.25, 0.3) is 0 Å². The molecule has 0 saturated heterocycles. The van der Waals surface area contributed by atoms with Gasteiger partial charge in [-0.3, -0.25) is 14.5 Å². The van der Waals surface area contributed by atoms with Crippen molar-refractivity contribution in [2.75, 3.05) is 54.2 Å². The Morgan fingerprint density at radius 1 is 0.810 bits per heavy atom. The molecule has 0 atom stereocenters. The summed E-state index contributed by atoms with van der Waals surface area (Å²) in [6.45, 7) is 1.27. The zero-order chi connectivity index (χ0) is 16.1. The second-order valence-electron chi connectivity index (χ2n) is 4.15. The van der Waals surface area contributed by atoms with E-state index in [4.69, 9.17) is 4.74 Å². The van der Waals surface area contributed by atoms with E-state index < -0.39 is 5.97 Å². The fourth-order valence-electron chi connectivity index (χ4n) is 1.49. The van der Waals surface area contributed by atoms with E-state index in [1.807, 2.05) is 4.90 Å². The fraction of sp³-hybridized carbons (Fsp3) is 0.769. The molecule has 21 heavy (non-hydrogen) atoms. The van der Waals surface area contributed by atoms with Crippen molar-refractivity contribution in [3.63, 3.8) is 0 Å². The predicted octanol–water partition coefficient (Wildman–Crippen LogP) is -0.396. The molecule has 0 fully saturated rings. The molecule has 0 aliphatic carbocycles. The Kier molecular flexibility index (Phi) is 11.1. The van der Waals surface area contributed by atoms with E-state index in [0.29, 0.717) is 19.6 Å². The smallest absolute Gasteiger partial charge is 0.332 e. The van der Waals surface area contributed by atoms with Crippen molar-refractivity contribution in [2.24, 2.45) is 0 Å². The third-order valence-electron chi connectivity index (χ3n) is 2.65. The monoisotopic (exact) mass is 305 g/mol. The minimum Gasteiger partial charge on any atom is -0.469 e. The van der Waals surface area contributed by atoms with E-state index >= 15 is 0 Å². The van der Waals surface area contributed by atoms with Crippen LogP contribution < -0.4 is 0 Å². The Balaban J connectivity index is 4.13. The van der Waals surface area contributed by atoms with Crippen LogP contribution in [-0.4, -0.2) is 77.0 Å². The first-order valence-electron chi connectivity index (χ1n) is 6.54. The lowest BCUT2D eigenvalue weighted by molar-refractivity contribution is -0.149. The molecule has 0 saturated carbocycles. The maximum atomic E-state index is 11.1. The van der Waals surface area contributed by atoms with Gasteiger partial charge in [-0.2, -0.15) is 0 Å². The first-order chi connectivity index (χ1) is 10.0. The molecule has 0 aliphatic heterocycles. The van der Waals surface area contributed by atoms with E-state index in [1.54, 1.807) is 0 Å². The van der Waals surface area contributed by atoms with Gasteiger partial charge < -0.3 is 18.9 Å². The molecule has 0 heterocycles. The molecule has 0 radical (unpaired) electrons. The number of methoxy groups -OCH3 is 3. The van der Waals surface area contributed by atoms with Crippen molar-refractivity contribution >= 4 is 17.9 Å². The van der Waals surface area contributed by atoms with Gasteiger partial charge in [0.1, 0.15) is 13.2 Å². The average Bonchev–Trinajstić information content (AvgIpc) is 2.48. The number of carbonyl (C=O) groups excluding carboxylic acids is 3. The van der Waals surface area contributed by atoms with Crippen LogP contribution in [0.3, 0.4) is 0 Å². The molecular weight excluding hydrogens is 282 g/mol. The SMILES string of the molecule is COCC(=O)OCCN(CCC(=O)OC)CCC(=O)OC. The summed E-state index contributed by atoms with van der Waals surface area (Å²) in [5.41, 5.74) is 0. The van der Waals surface area contributed by atoms with Crippen molar-refractivity contribution in [1.29, 1.82) is 0 Å². The molecule has 8 nitrogen and oxygen atoms in total. The van der Waals surface area contributed by atoms with Crippen molar-refractivity contribution < 1.29 is 33.3 Å². The number of ether oxygens (including phenoxy) is 4. The Morgan fingerprint density at radius 3 is 1.76 bits per heavy atom. The summed E-state index contributed by atoms with van der Waals surface area (Å²) >= 11 is 0. The van der Waals surface area contributed by atoms with Gasteiger partial charge >= 0.3 is 17.9 Å². The number of hydrogen-bond donors (Lipinski definition) is 0. The van der Waals surface area contributed by atoms with Gasteiger partial charge in [-0.25, -0.2) is 4.79 Å². The molecule has 0 bridgehead atoms. The highest BCUT2D eigenvalue weighted by Gasteiger charge is 2.12. The summed E-state index contributed by atoms with van der Waals surface area (Å²) in [5, 5.41) is 0. The minimum absolute atomic E-state index is 0.107. The topological polar surface area (TPSA) is 91.4 Å². The quantitative estimate of drug-likeness (QED) is 0.376. The number of rotatable bonds is 11. The van der Waals surface area contributed by atoms with Crippen LogP contribution in [0.15, 0.2) is 0 Å². The summed E-state index contributed by atoms with van der Waals surface area (Å²) in [6, 6.07) is 0. The molecule has 8 heteroatoms. The molecule has 0 unspecified atom stereocenters. The molecule has 0 spiro atoms. The average molecular weight is 305 g/mol. The van der Waals surface area contributed by atoms with Crippen LogP contribution in [0.1, 0.15) is 12.8 Å². The third-order valence-corrected chi connectivity index (χ3v) is 2.65. The first-order valence-corrected chi connectivity index (χ1v) is 6.54. The van der Waals surface area contributed by atoms with Crippen LogP contribution in [0.5, 0.6) is 0 Å². The van der Waals surface area contributed by atoms with Crippen LogP contribution in [0, 0.1) is 0 Å². The van der Waals surface area contributed by atoms with Crippen molar-refractivity contribution in [2.45, 2.75) is 12.8 Å². The Morgan fingerprint density at radius 2 is 1.33 bits per heavy atom. The maximum Gasteiger partial charge on any atom is 0.332 e. The Labute approximate surface area is 124 Å². The zero-order valence-corrected chi connectivity index (χ0v) is 12.8. The number of esters is 3. The lowest BCUT2D eigenvalue weighted by atomic mass is 10.3. The van der Waals surface area contributed by atoms with Crippen molar-refractivity contribution in [1.82, 2.24) is 4.90 Å². The van der Waals surface area contributed by atoms with Gasteiger partial charge in [-0.05, 0) is 0 Å². The highest BCUT2D eigenvalue weighted by atomic mass is 16.6. The van der Waals surface area contributed by atoms with Crippen molar-refractivity contribution in [3.05, 3.63) is 0 Å². The van der Waals surface area contributed by atoms with Gasteiger partial charge in [-0.1, -0.05) is 0 Å². The molecule has 122 valence electrons. The summed E-state index contributed by atoms with van der Waals surface area (Å²) in [6.07, 6.45) is 0.396. The highest BCUT2D eigenvalue weighted by Crippen LogP contribution is 1.98. The third kappa shape index (κ3) is 10.7. The largest absolute Gasteiger partial charge is 0.469 e. The normalized spacial score (nSPS) is 10.3. The Hall–Kier alpha value is -1.67. The van der Waals surface area contributed by atoms with Gasteiger partial charge in [0.15, 0.2) is 0 Å². The molecule has 0 aromatic carbocycles. The van der Waals surface area contributed by atoms with Crippen LogP contribution in [-0.2, 0) is 33.3 Å². The summed E-state index contributed by atoms with van der Waals surface area (Å²) < 4.78 is 18.7. The van der Waals surface area contributed by atoms with Crippen LogP contribution >= 0.6 is 0 Å². The number of carbonyl (C=O) groups is 3. The number of hydrogen-bond acceptors (Lipinski definition) is 8. The summed E-state index contributed by atoms with van der Waals surface area (Å²) in [5.74, 6) is -1.14. The minimum atomic E-state index is -0.460. The fourth-order valence-corrected chi connectivity index (χ4v) is 1.49. The molecule has 0 N–H and O–H groups in total. The Bertz CT molecular complexity index is 312. The zero-order valence-electron chi connectivity index (χ0n) is 12.8. The van der Waals surface area contributed by atoms with E-state index in [9.17, 15) is 14.4 Å². The maximum absolute atomic E-state index is 11.1. The second kappa shape index (κ2) is 12.1. The number of nitrogens with zero attached hydrogens (tertiary/aromatic N) is 1. The molecule has 0 aliphatic rings. The predicted molar refractivity (Wildman–Crippen MR) is 72.5 cm³/mol. The van der Waals surface area contributed by atoms with Crippen LogP contribution in [0.4, 0.5) is 0 Å². The first kappa shape index (κ1) is 19.3. The van der Waals surface area contributed by atoms with Crippen LogP contribution in [0.2, 0.25) is 0 Å². The van der Waals surface area contributed by atoms with Gasteiger partial charge in [0.25, 0.3) is 0 Å². The lowest BCUT2D eigenvalue weighted by Gasteiger charge is -2.21.